The molecule has 0 saturated carbocycles. The molecule has 1 aromatic heterocycles. The highest BCUT2D eigenvalue weighted by Crippen LogP contribution is 2.22. The molecule has 0 aliphatic heterocycles. The maximum absolute atomic E-state index is 12.9. The van der Waals surface area contributed by atoms with E-state index in [1.807, 2.05) is 32.4 Å². The van der Waals surface area contributed by atoms with E-state index in [2.05, 4.69) is 15.5 Å². The number of hydrogen-bond donors (Lipinski definition) is 1. The molecule has 5 nitrogen and oxygen atoms in total. The molecule has 2 aromatic rings. The lowest BCUT2D eigenvalue weighted by molar-refractivity contribution is -0.120. The minimum Gasteiger partial charge on any atom is -0.349 e. The van der Waals surface area contributed by atoms with Crippen molar-refractivity contribution in [3.05, 3.63) is 41.5 Å². The Morgan fingerprint density at radius 2 is 1.91 bits per heavy atom. The van der Waals surface area contributed by atoms with Gasteiger partial charge in [-0.2, -0.15) is 0 Å². The second kappa shape index (κ2) is 6.91. The Kier molecular flexibility index (Phi) is 5.18. The summed E-state index contributed by atoms with van der Waals surface area (Å²) in [5.41, 5.74) is 0.862. The smallest absolute Gasteiger partial charge is 0.233 e. The zero-order valence-corrected chi connectivity index (χ0v) is 13.8. The molecule has 0 spiro atoms. The quantitative estimate of drug-likeness (QED) is 0.860. The zero-order chi connectivity index (χ0) is 16.3. The Labute approximate surface area is 133 Å². The van der Waals surface area contributed by atoms with E-state index in [4.69, 9.17) is 0 Å². The highest BCUT2D eigenvalue weighted by molar-refractivity contribution is 8.00. The van der Waals surface area contributed by atoms with Crippen molar-refractivity contribution in [2.75, 3.05) is 0 Å². The number of halogens is 1. The summed E-state index contributed by atoms with van der Waals surface area (Å²) in [6.45, 7) is 5.55. The van der Waals surface area contributed by atoms with Gasteiger partial charge in [0.05, 0.1) is 11.3 Å². The molecule has 2 unspecified atom stereocenters. The van der Waals surface area contributed by atoms with E-state index >= 15 is 0 Å². The fraction of sp³-hybridized carbons (Fsp3) is 0.400. The Bertz CT molecular complexity index is 656. The molecule has 0 fully saturated rings. The molecule has 1 N–H and O–H groups in total. The SMILES string of the molecule is Cc1nnc(SC(C)C(=O)NC(C)c2ccc(F)cc2)n1C. The molecule has 0 aliphatic carbocycles. The number of amides is 1. The Morgan fingerprint density at radius 1 is 1.27 bits per heavy atom. The minimum absolute atomic E-state index is 0.0949. The van der Waals surface area contributed by atoms with Gasteiger partial charge >= 0.3 is 0 Å². The van der Waals surface area contributed by atoms with Crippen LogP contribution in [0.4, 0.5) is 4.39 Å². The van der Waals surface area contributed by atoms with Gasteiger partial charge in [-0.3, -0.25) is 4.79 Å². The van der Waals surface area contributed by atoms with Gasteiger partial charge in [0.1, 0.15) is 11.6 Å². The number of nitrogens with zero attached hydrogens (tertiary/aromatic N) is 3. The third-order valence-electron chi connectivity index (χ3n) is 3.43. The molecule has 7 heteroatoms. The molecule has 22 heavy (non-hydrogen) atoms. The summed E-state index contributed by atoms with van der Waals surface area (Å²) in [5, 5.41) is 11.3. The lowest BCUT2D eigenvalue weighted by Gasteiger charge is -2.17. The standard InChI is InChI=1S/C15H19FN4OS/c1-9(12-5-7-13(16)8-6-12)17-14(21)10(2)22-15-19-18-11(3)20(15)4/h5-10H,1-4H3,(H,17,21). The van der Waals surface area contributed by atoms with Crippen molar-refractivity contribution in [2.45, 2.75) is 37.2 Å². The summed E-state index contributed by atoms with van der Waals surface area (Å²) < 4.78 is 14.8. The van der Waals surface area contributed by atoms with Crippen molar-refractivity contribution >= 4 is 17.7 Å². The average molecular weight is 322 g/mol. The highest BCUT2D eigenvalue weighted by atomic mass is 32.2. The Morgan fingerprint density at radius 3 is 2.45 bits per heavy atom. The molecule has 0 aliphatic rings. The number of nitrogens with one attached hydrogen (secondary N) is 1. The minimum atomic E-state index is -0.301. The number of carbonyl (C=O) groups excluding carboxylic acids is 1. The number of rotatable bonds is 5. The number of aromatic nitrogens is 3. The molecule has 2 rings (SSSR count). The summed E-state index contributed by atoms with van der Waals surface area (Å²) in [7, 11) is 1.86. The normalized spacial score (nSPS) is 13.7. The van der Waals surface area contributed by atoms with Crippen LogP contribution in [0.1, 0.15) is 31.3 Å². The van der Waals surface area contributed by atoms with Crippen LogP contribution in [-0.2, 0) is 11.8 Å². The van der Waals surface area contributed by atoms with Crippen LogP contribution in [0.15, 0.2) is 29.4 Å². The highest BCUT2D eigenvalue weighted by Gasteiger charge is 2.20. The van der Waals surface area contributed by atoms with E-state index in [1.165, 1.54) is 23.9 Å². The van der Waals surface area contributed by atoms with Gasteiger partial charge in [0.2, 0.25) is 5.91 Å². The average Bonchev–Trinajstić information content (AvgIpc) is 2.79. The first-order valence-electron chi connectivity index (χ1n) is 6.97. The molecule has 1 aromatic carbocycles. The summed E-state index contributed by atoms with van der Waals surface area (Å²) in [5.74, 6) is 0.418. The van der Waals surface area contributed by atoms with Crippen molar-refractivity contribution in [2.24, 2.45) is 7.05 Å². The third-order valence-corrected chi connectivity index (χ3v) is 4.57. The van der Waals surface area contributed by atoms with Crippen molar-refractivity contribution < 1.29 is 9.18 Å². The first kappa shape index (κ1) is 16.5. The van der Waals surface area contributed by atoms with E-state index < -0.39 is 0 Å². The lowest BCUT2D eigenvalue weighted by atomic mass is 10.1. The van der Waals surface area contributed by atoms with E-state index in [0.717, 1.165) is 11.4 Å². The number of thioether (sulfide) groups is 1. The van der Waals surface area contributed by atoms with Gasteiger partial charge < -0.3 is 9.88 Å². The van der Waals surface area contributed by atoms with Crippen LogP contribution in [-0.4, -0.2) is 25.9 Å². The maximum Gasteiger partial charge on any atom is 0.233 e. The molecule has 1 amide bonds. The van der Waals surface area contributed by atoms with Gasteiger partial charge in [0.15, 0.2) is 5.16 Å². The second-order valence-corrected chi connectivity index (χ2v) is 6.44. The summed E-state index contributed by atoms with van der Waals surface area (Å²) in [4.78, 5) is 12.3. The first-order chi connectivity index (χ1) is 10.4. The van der Waals surface area contributed by atoms with Gasteiger partial charge in [-0.15, -0.1) is 10.2 Å². The predicted molar refractivity (Wildman–Crippen MR) is 84.0 cm³/mol. The van der Waals surface area contributed by atoms with Crippen molar-refractivity contribution in [3.8, 4) is 0 Å². The van der Waals surface area contributed by atoms with Crippen LogP contribution in [0, 0.1) is 12.7 Å². The lowest BCUT2D eigenvalue weighted by Crippen LogP contribution is -2.33. The molecule has 1 heterocycles. The van der Waals surface area contributed by atoms with Crippen LogP contribution in [0.5, 0.6) is 0 Å². The predicted octanol–water partition coefficient (Wildman–Crippen LogP) is 2.62. The number of aryl methyl sites for hydroxylation is 1. The Balaban J connectivity index is 1.96. The van der Waals surface area contributed by atoms with Crippen molar-refractivity contribution in [1.29, 1.82) is 0 Å². The monoisotopic (exact) mass is 322 g/mol. The van der Waals surface area contributed by atoms with E-state index in [-0.39, 0.29) is 23.0 Å². The molecule has 0 saturated heterocycles. The Hall–Kier alpha value is -1.89. The largest absolute Gasteiger partial charge is 0.349 e. The zero-order valence-electron chi connectivity index (χ0n) is 13.0. The third kappa shape index (κ3) is 3.85. The van der Waals surface area contributed by atoms with E-state index in [0.29, 0.717) is 5.16 Å². The number of benzene rings is 1. The second-order valence-electron chi connectivity index (χ2n) is 5.13. The van der Waals surface area contributed by atoms with E-state index in [1.54, 1.807) is 12.1 Å². The van der Waals surface area contributed by atoms with Crippen LogP contribution in [0.2, 0.25) is 0 Å². The molecule has 118 valence electrons. The number of carbonyl (C=O) groups is 1. The van der Waals surface area contributed by atoms with Crippen LogP contribution >= 0.6 is 11.8 Å². The van der Waals surface area contributed by atoms with Gasteiger partial charge in [0, 0.05) is 7.05 Å². The van der Waals surface area contributed by atoms with Gasteiger partial charge in [-0.25, -0.2) is 4.39 Å². The molecule has 0 bridgehead atoms. The van der Waals surface area contributed by atoms with Gasteiger partial charge in [0.25, 0.3) is 0 Å². The van der Waals surface area contributed by atoms with Crippen molar-refractivity contribution in [3.63, 3.8) is 0 Å². The van der Waals surface area contributed by atoms with Gasteiger partial charge in [-0.1, -0.05) is 23.9 Å². The summed E-state index contributed by atoms with van der Waals surface area (Å²) in [6.07, 6.45) is 0. The molecular weight excluding hydrogens is 303 g/mol. The molecule has 2 atom stereocenters. The fourth-order valence-electron chi connectivity index (χ4n) is 1.87. The van der Waals surface area contributed by atoms with E-state index in [9.17, 15) is 9.18 Å². The fourth-order valence-corrected chi connectivity index (χ4v) is 2.74. The van der Waals surface area contributed by atoms with Gasteiger partial charge in [-0.05, 0) is 38.5 Å². The summed E-state index contributed by atoms with van der Waals surface area (Å²) >= 11 is 1.36. The first-order valence-corrected chi connectivity index (χ1v) is 7.85. The van der Waals surface area contributed by atoms with Crippen LogP contribution in [0.25, 0.3) is 0 Å². The van der Waals surface area contributed by atoms with Crippen LogP contribution in [0.3, 0.4) is 0 Å². The van der Waals surface area contributed by atoms with Crippen LogP contribution < -0.4 is 5.32 Å². The maximum atomic E-state index is 12.9. The number of hydrogen-bond acceptors (Lipinski definition) is 4. The molecular formula is C15H19FN4OS. The summed E-state index contributed by atoms with van der Waals surface area (Å²) in [6, 6.07) is 5.93. The molecule has 0 radical (unpaired) electrons. The topological polar surface area (TPSA) is 59.8 Å². The van der Waals surface area contributed by atoms with Crippen molar-refractivity contribution in [1.82, 2.24) is 20.1 Å².